The van der Waals surface area contributed by atoms with E-state index in [9.17, 15) is 8.42 Å². The highest BCUT2D eigenvalue weighted by Gasteiger charge is 2.22. The lowest BCUT2D eigenvalue weighted by Gasteiger charge is -2.25. The molecule has 2 aromatic carbocycles. The number of hydrogen-bond donors (Lipinski definition) is 1. The fraction of sp³-hybridized carbons (Fsp3) is 0.158. The zero-order chi connectivity index (χ0) is 18.7. The van der Waals surface area contributed by atoms with Crippen molar-refractivity contribution in [2.45, 2.75) is 11.3 Å². The third-order valence-corrected chi connectivity index (χ3v) is 5.62. The molecule has 1 aliphatic heterocycles. The van der Waals surface area contributed by atoms with E-state index in [0.717, 1.165) is 11.1 Å². The molecule has 1 aliphatic rings. The van der Waals surface area contributed by atoms with Gasteiger partial charge in [0.25, 0.3) is 10.0 Å². The van der Waals surface area contributed by atoms with E-state index in [4.69, 9.17) is 4.42 Å². The Hall–Kier alpha value is -2.81. The monoisotopic (exact) mass is 382 g/mol. The Morgan fingerprint density at radius 2 is 1.59 bits per heavy atom. The predicted molar refractivity (Wildman–Crippen MR) is 101 cm³/mol. The van der Waals surface area contributed by atoms with Gasteiger partial charge in [-0.25, -0.2) is 13.4 Å². The Balaban J connectivity index is 1.44. The normalized spacial score (nSPS) is 15.5. The fourth-order valence-corrected chi connectivity index (χ4v) is 3.95. The van der Waals surface area contributed by atoms with Crippen LogP contribution in [0.1, 0.15) is 12.3 Å². The molecule has 0 spiro atoms. The smallest absolute Gasteiger partial charge is 0.253 e. The summed E-state index contributed by atoms with van der Waals surface area (Å²) in [7, 11) is -3.58. The highest BCUT2D eigenvalue weighted by atomic mass is 32.2. The SMILES string of the molecule is O=S(=O)(NN1CC=C(c2nnc(-c3ccccc3)o2)CC1)c1ccccc1. The highest BCUT2D eigenvalue weighted by Crippen LogP contribution is 2.25. The molecule has 0 fully saturated rings. The lowest BCUT2D eigenvalue weighted by Crippen LogP contribution is -2.44. The highest BCUT2D eigenvalue weighted by molar-refractivity contribution is 7.89. The molecule has 1 aromatic heterocycles. The van der Waals surface area contributed by atoms with Crippen LogP contribution in [0.25, 0.3) is 17.0 Å². The van der Waals surface area contributed by atoms with Crippen molar-refractivity contribution >= 4 is 15.6 Å². The van der Waals surface area contributed by atoms with Gasteiger partial charge < -0.3 is 4.42 Å². The largest absolute Gasteiger partial charge is 0.416 e. The average Bonchev–Trinajstić information content (AvgIpc) is 3.20. The van der Waals surface area contributed by atoms with Crippen LogP contribution >= 0.6 is 0 Å². The average molecular weight is 382 g/mol. The van der Waals surface area contributed by atoms with Crippen molar-refractivity contribution in [1.82, 2.24) is 20.0 Å². The Bertz CT molecular complexity index is 1050. The number of sulfonamides is 1. The second-order valence-electron chi connectivity index (χ2n) is 6.11. The van der Waals surface area contributed by atoms with E-state index in [1.807, 2.05) is 36.4 Å². The predicted octanol–water partition coefficient (Wildman–Crippen LogP) is 2.72. The number of hydrogen-bond acceptors (Lipinski definition) is 6. The first-order chi connectivity index (χ1) is 13.1. The van der Waals surface area contributed by atoms with Gasteiger partial charge in [-0.2, -0.15) is 0 Å². The van der Waals surface area contributed by atoms with Crippen molar-refractivity contribution in [3.05, 3.63) is 72.6 Å². The van der Waals surface area contributed by atoms with Gasteiger partial charge in [0, 0.05) is 24.2 Å². The molecule has 1 N–H and O–H groups in total. The molecule has 7 nitrogen and oxygen atoms in total. The first kappa shape index (κ1) is 17.6. The molecule has 0 aliphatic carbocycles. The van der Waals surface area contributed by atoms with Crippen molar-refractivity contribution in [3.8, 4) is 11.5 Å². The van der Waals surface area contributed by atoms with Crippen LogP contribution in [0.2, 0.25) is 0 Å². The summed E-state index contributed by atoms with van der Waals surface area (Å²) in [6, 6.07) is 17.9. The van der Waals surface area contributed by atoms with E-state index >= 15 is 0 Å². The number of nitrogens with one attached hydrogen (secondary N) is 1. The van der Waals surface area contributed by atoms with Crippen LogP contribution in [-0.4, -0.2) is 36.7 Å². The summed E-state index contributed by atoms with van der Waals surface area (Å²) in [5.74, 6) is 0.943. The van der Waals surface area contributed by atoms with Gasteiger partial charge in [-0.05, 0) is 30.7 Å². The summed E-state index contributed by atoms with van der Waals surface area (Å²) in [6.07, 6.45) is 2.51. The third-order valence-electron chi connectivity index (χ3n) is 4.23. The van der Waals surface area contributed by atoms with E-state index in [-0.39, 0.29) is 4.90 Å². The molecule has 27 heavy (non-hydrogen) atoms. The molecule has 0 radical (unpaired) electrons. The second kappa shape index (κ2) is 7.43. The second-order valence-corrected chi connectivity index (χ2v) is 7.77. The molecule has 0 amide bonds. The number of hydrazine groups is 1. The molecule has 3 aromatic rings. The van der Waals surface area contributed by atoms with Crippen molar-refractivity contribution in [2.24, 2.45) is 0 Å². The quantitative estimate of drug-likeness (QED) is 0.730. The van der Waals surface area contributed by atoms with Crippen LogP contribution in [0.5, 0.6) is 0 Å². The Morgan fingerprint density at radius 1 is 0.926 bits per heavy atom. The fourth-order valence-electron chi connectivity index (χ4n) is 2.82. The molecular weight excluding hydrogens is 364 g/mol. The molecule has 2 heterocycles. The van der Waals surface area contributed by atoms with Gasteiger partial charge in [0.2, 0.25) is 11.8 Å². The number of benzene rings is 2. The molecule has 4 rings (SSSR count). The zero-order valence-electron chi connectivity index (χ0n) is 14.4. The Labute approximate surface area is 157 Å². The Morgan fingerprint density at radius 3 is 2.26 bits per heavy atom. The van der Waals surface area contributed by atoms with E-state index in [2.05, 4.69) is 15.0 Å². The topological polar surface area (TPSA) is 88.3 Å². The van der Waals surface area contributed by atoms with Gasteiger partial charge in [-0.1, -0.05) is 42.5 Å². The van der Waals surface area contributed by atoms with E-state index < -0.39 is 10.0 Å². The molecule has 0 bridgehead atoms. The number of rotatable bonds is 5. The molecular formula is C19H18N4O3S. The maximum absolute atomic E-state index is 12.4. The summed E-state index contributed by atoms with van der Waals surface area (Å²) in [5, 5.41) is 9.87. The summed E-state index contributed by atoms with van der Waals surface area (Å²) in [6.45, 7) is 0.936. The van der Waals surface area contributed by atoms with Gasteiger partial charge in [0.1, 0.15) is 0 Å². The van der Waals surface area contributed by atoms with E-state index in [1.54, 1.807) is 35.3 Å². The van der Waals surface area contributed by atoms with E-state index in [0.29, 0.717) is 31.3 Å². The minimum absolute atomic E-state index is 0.240. The lowest BCUT2D eigenvalue weighted by molar-refractivity contribution is 0.265. The zero-order valence-corrected chi connectivity index (χ0v) is 15.3. The molecule has 0 atom stereocenters. The van der Waals surface area contributed by atoms with Gasteiger partial charge in [0.05, 0.1) is 4.90 Å². The summed E-state index contributed by atoms with van der Waals surface area (Å²) < 4.78 is 30.6. The van der Waals surface area contributed by atoms with Gasteiger partial charge in [0.15, 0.2) is 0 Å². The van der Waals surface area contributed by atoms with Crippen molar-refractivity contribution in [1.29, 1.82) is 0 Å². The standard InChI is InChI=1S/C19H18N4O3S/c24-27(25,17-9-5-2-6-10-17)22-23-13-11-16(12-14-23)19-21-20-18(26-19)15-7-3-1-4-8-15/h1-11,22H,12-14H2. The molecule has 8 heteroatoms. The number of nitrogens with zero attached hydrogens (tertiary/aromatic N) is 3. The van der Waals surface area contributed by atoms with Gasteiger partial charge in [-0.15, -0.1) is 15.0 Å². The maximum Gasteiger partial charge on any atom is 0.253 e. The van der Waals surface area contributed by atoms with Crippen LogP contribution < -0.4 is 4.83 Å². The van der Waals surface area contributed by atoms with Crippen LogP contribution in [0.4, 0.5) is 0 Å². The minimum atomic E-state index is -3.58. The maximum atomic E-state index is 12.4. The van der Waals surface area contributed by atoms with Crippen LogP contribution in [0.3, 0.4) is 0 Å². The number of aromatic nitrogens is 2. The molecule has 0 unspecified atom stereocenters. The van der Waals surface area contributed by atoms with Crippen molar-refractivity contribution < 1.29 is 12.8 Å². The van der Waals surface area contributed by atoms with Crippen LogP contribution in [0, 0.1) is 0 Å². The van der Waals surface area contributed by atoms with Crippen LogP contribution in [-0.2, 0) is 10.0 Å². The summed E-state index contributed by atoms with van der Waals surface area (Å²) in [5.41, 5.74) is 1.78. The van der Waals surface area contributed by atoms with Gasteiger partial charge >= 0.3 is 0 Å². The Kier molecular flexibility index (Phi) is 4.85. The van der Waals surface area contributed by atoms with Crippen LogP contribution in [0.15, 0.2) is 76.1 Å². The first-order valence-corrected chi connectivity index (χ1v) is 10.0. The summed E-state index contributed by atoms with van der Waals surface area (Å²) >= 11 is 0. The molecule has 138 valence electrons. The van der Waals surface area contributed by atoms with Gasteiger partial charge in [-0.3, -0.25) is 0 Å². The minimum Gasteiger partial charge on any atom is -0.416 e. The van der Waals surface area contributed by atoms with Crippen molar-refractivity contribution in [2.75, 3.05) is 13.1 Å². The summed E-state index contributed by atoms with van der Waals surface area (Å²) in [4.78, 5) is 2.85. The third kappa shape index (κ3) is 3.97. The lowest BCUT2D eigenvalue weighted by atomic mass is 10.1. The first-order valence-electron chi connectivity index (χ1n) is 8.52. The van der Waals surface area contributed by atoms with Crippen molar-refractivity contribution in [3.63, 3.8) is 0 Å². The molecule has 0 saturated heterocycles. The van der Waals surface area contributed by atoms with E-state index in [1.165, 1.54) is 0 Å². The molecule has 0 saturated carbocycles.